The average Bonchev–Trinajstić information content (AvgIpc) is 2.71. The van der Waals surface area contributed by atoms with Gasteiger partial charge in [0.15, 0.2) is 9.84 Å². The summed E-state index contributed by atoms with van der Waals surface area (Å²) < 4.78 is 26.0. The lowest BCUT2D eigenvalue weighted by molar-refractivity contribution is 0.538. The molecular weight excluding hydrogens is 272 g/mol. The maximum Gasteiger partial charge on any atom is 0.160 e. The van der Waals surface area contributed by atoms with Crippen LogP contribution in [0.15, 0.2) is 24.5 Å². The van der Waals surface area contributed by atoms with Crippen LogP contribution in [0, 0.1) is 0 Å². The summed E-state index contributed by atoms with van der Waals surface area (Å²) in [6.45, 7) is 0. The van der Waals surface area contributed by atoms with E-state index in [9.17, 15) is 8.42 Å². The van der Waals surface area contributed by atoms with Gasteiger partial charge in [-0.3, -0.25) is 0 Å². The van der Waals surface area contributed by atoms with Gasteiger partial charge >= 0.3 is 0 Å². The van der Waals surface area contributed by atoms with Gasteiger partial charge < -0.3 is 4.40 Å². The van der Waals surface area contributed by atoms with Gasteiger partial charge in [-0.1, -0.05) is 18.0 Å². The Morgan fingerprint density at radius 3 is 2.94 bits per heavy atom. The fourth-order valence-corrected chi connectivity index (χ4v) is 4.54. The van der Waals surface area contributed by atoms with Crippen LogP contribution < -0.4 is 0 Å². The molecule has 1 aliphatic rings. The minimum Gasteiger partial charge on any atom is -0.301 e. The number of halogens is 1. The van der Waals surface area contributed by atoms with Gasteiger partial charge in [-0.05, 0) is 25.0 Å². The lowest BCUT2D eigenvalue weighted by Gasteiger charge is -2.21. The Kier molecular flexibility index (Phi) is 2.83. The second kappa shape index (κ2) is 4.24. The van der Waals surface area contributed by atoms with E-state index in [0.29, 0.717) is 17.3 Å². The zero-order valence-electron chi connectivity index (χ0n) is 9.71. The normalized spacial score (nSPS) is 23.3. The molecule has 0 radical (unpaired) electrons. The van der Waals surface area contributed by atoms with Gasteiger partial charge in [0.2, 0.25) is 0 Å². The highest BCUT2D eigenvalue weighted by molar-refractivity contribution is 7.91. The number of hydrogen-bond acceptors (Lipinski definition) is 3. The van der Waals surface area contributed by atoms with Crippen molar-refractivity contribution in [2.45, 2.75) is 24.5 Å². The first-order valence-corrected chi connectivity index (χ1v) is 8.01. The van der Waals surface area contributed by atoms with Crippen LogP contribution in [0.1, 0.15) is 30.3 Å². The molecule has 4 nitrogen and oxygen atoms in total. The fourth-order valence-electron chi connectivity index (χ4n) is 2.47. The van der Waals surface area contributed by atoms with E-state index in [1.54, 1.807) is 22.9 Å². The van der Waals surface area contributed by atoms with Crippen molar-refractivity contribution in [2.75, 3.05) is 5.75 Å². The molecule has 0 saturated carbocycles. The number of pyridine rings is 1. The van der Waals surface area contributed by atoms with E-state index in [4.69, 9.17) is 11.6 Å². The number of sulfone groups is 1. The first-order valence-electron chi connectivity index (χ1n) is 5.92. The zero-order valence-corrected chi connectivity index (χ0v) is 11.3. The van der Waals surface area contributed by atoms with Crippen LogP contribution in [0.2, 0.25) is 5.02 Å². The molecule has 0 N–H and O–H groups in total. The maximum atomic E-state index is 12.1. The van der Waals surface area contributed by atoms with Crippen LogP contribution in [-0.4, -0.2) is 23.6 Å². The summed E-state index contributed by atoms with van der Waals surface area (Å²) in [5, 5.41) is 0.0853. The SMILES string of the molecule is O=S1(=O)CCCCC1c1ncc2ccc(Cl)cn12. The molecule has 0 amide bonds. The number of hydrogen-bond donors (Lipinski definition) is 0. The third kappa shape index (κ3) is 1.91. The molecule has 1 fully saturated rings. The van der Waals surface area contributed by atoms with Crippen LogP contribution in [0.4, 0.5) is 0 Å². The molecule has 0 bridgehead atoms. The highest BCUT2D eigenvalue weighted by atomic mass is 35.5. The lowest BCUT2D eigenvalue weighted by Crippen LogP contribution is -2.23. The third-order valence-electron chi connectivity index (χ3n) is 3.39. The molecule has 1 atom stereocenters. The number of fused-ring (bicyclic) bond motifs is 1. The first kappa shape index (κ1) is 12.0. The van der Waals surface area contributed by atoms with Crippen molar-refractivity contribution in [1.29, 1.82) is 0 Å². The van der Waals surface area contributed by atoms with Crippen LogP contribution in [-0.2, 0) is 9.84 Å². The molecule has 3 rings (SSSR count). The first-order chi connectivity index (χ1) is 8.58. The summed E-state index contributed by atoms with van der Waals surface area (Å²) in [6.07, 6.45) is 5.75. The van der Waals surface area contributed by atoms with Crippen molar-refractivity contribution in [3.05, 3.63) is 35.4 Å². The van der Waals surface area contributed by atoms with E-state index >= 15 is 0 Å². The molecule has 96 valence electrons. The van der Waals surface area contributed by atoms with E-state index in [1.807, 2.05) is 6.07 Å². The highest BCUT2D eigenvalue weighted by Gasteiger charge is 2.33. The van der Waals surface area contributed by atoms with Crippen LogP contribution in [0.3, 0.4) is 0 Å². The molecule has 1 unspecified atom stereocenters. The molecule has 0 aromatic carbocycles. The molecule has 6 heteroatoms. The lowest BCUT2D eigenvalue weighted by atomic mass is 10.2. The van der Waals surface area contributed by atoms with Gasteiger partial charge in [0.05, 0.1) is 22.5 Å². The van der Waals surface area contributed by atoms with Crippen molar-refractivity contribution in [1.82, 2.24) is 9.38 Å². The Morgan fingerprint density at radius 1 is 1.33 bits per heavy atom. The van der Waals surface area contributed by atoms with Crippen LogP contribution in [0.5, 0.6) is 0 Å². The predicted octanol–water partition coefficient (Wildman–Crippen LogP) is 2.63. The standard InChI is InChI=1S/C12H13ClN2O2S/c13-9-4-5-10-7-14-12(15(10)8-9)11-3-1-2-6-18(11,16)17/h4-5,7-8,11H,1-3,6H2. The monoisotopic (exact) mass is 284 g/mol. The molecule has 1 saturated heterocycles. The molecule has 2 aromatic rings. The quantitative estimate of drug-likeness (QED) is 0.809. The molecule has 1 aliphatic heterocycles. The second-order valence-corrected chi connectivity index (χ2v) is 7.35. The average molecular weight is 285 g/mol. The van der Waals surface area contributed by atoms with Crippen molar-refractivity contribution >= 4 is 27.0 Å². The summed E-state index contributed by atoms with van der Waals surface area (Å²) in [5.41, 5.74) is 0.871. The largest absolute Gasteiger partial charge is 0.301 e. The van der Waals surface area contributed by atoms with Gasteiger partial charge in [-0.2, -0.15) is 0 Å². The van der Waals surface area contributed by atoms with E-state index < -0.39 is 15.1 Å². The van der Waals surface area contributed by atoms with Gasteiger partial charge in [-0.15, -0.1) is 0 Å². The fraction of sp³-hybridized carbons (Fsp3) is 0.417. The summed E-state index contributed by atoms with van der Waals surface area (Å²) in [5.74, 6) is 0.847. The Bertz CT molecular complexity index is 693. The van der Waals surface area contributed by atoms with Crippen molar-refractivity contribution < 1.29 is 8.42 Å². The maximum absolute atomic E-state index is 12.1. The van der Waals surface area contributed by atoms with E-state index in [2.05, 4.69) is 4.98 Å². The number of nitrogens with zero attached hydrogens (tertiary/aromatic N) is 2. The Hall–Kier alpha value is -1.07. The highest BCUT2D eigenvalue weighted by Crippen LogP contribution is 2.33. The minimum absolute atomic E-state index is 0.257. The van der Waals surface area contributed by atoms with Crippen molar-refractivity contribution in [2.24, 2.45) is 0 Å². The minimum atomic E-state index is -3.08. The van der Waals surface area contributed by atoms with Gasteiger partial charge in [0.25, 0.3) is 0 Å². The van der Waals surface area contributed by atoms with Crippen molar-refractivity contribution in [3.63, 3.8) is 0 Å². The summed E-state index contributed by atoms with van der Waals surface area (Å²) >= 11 is 5.96. The number of rotatable bonds is 1. The molecule has 0 spiro atoms. The summed E-state index contributed by atoms with van der Waals surface area (Å²) in [7, 11) is -3.08. The predicted molar refractivity (Wildman–Crippen MR) is 70.6 cm³/mol. The Labute approximate surface area is 111 Å². The van der Waals surface area contributed by atoms with Gasteiger partial charge in [0.1, 0.15) is 11.1 Å². The van der Waals surface area contributed by atoms with Crippen LogP contribution >= 0.6 is 11.6 Å². The summed E-state index contributed by atoms with van der Waals surface area (Å²) in [4.78, 5) is 4.28. The molecule has 18 heavy (non-hydrogen) atoms. The number of aromatic nitrogens is 2. The summed E-state index contributed by atoms with van der Waals surface area (Å²) in [6, 6.07) is 3.62. The van der Waals surface area contributed by atoms with Gasteiger partial charge in [-0.25, -0.2) is 13.4 Å². The van der Waals surface area contributed by atoms with E-state index in [-0.39, 0.29) is 5.75 Å². The molecular formula is C12H13ClN2O2S. The smallest absolute Gasteiger partial charge is 0.160 e. The zero-order chi connectivity index (χ0) is 12.8. The third-order valence-corrected chi connectivity index (χ3v) is 5.78. The van der Waals surface area contributed by atoms with Crippen LogP contribution in [0.25, 0.3) is 5.52 Å². The Balaban J connectivity index is 2.16. The molecule has 2 aromatic heterocycles. The molecule has 0 aliphatic carbocycles. The van der Waals surface area contributed by atoms with Crippen molar-refractivity contribution in [3.8, 4) is 0 Å². The molecule has 3 heterocycles. The second-order valence-electron chi connectivity index (χ2n) is 4.61. The van der Waals surface area contributed by atoms with E-state index in [1.165, 1.54) is 0 Å². The number of imidazole rings is 1. The van der Waals surface area contributed by atoms with E-state index in [0.717, 1.165) is 18.4 Å². The topological polar surface area (TPSA) is 51.4 Å². The Morgan fingerprint density at radius 2 is 2.17 bits per heavy atom. The van der Waals surface area contributed by atoms with Gasteiger partial charge in [0, 0.05) is 6.20 Å².